The largest absolute Gasteiger partial charge is 0.416 e. The normalized spacial score (nSPS) is 11.5. The van der Waals surface area contributed by atoms with Gasteiger partial charge in [-0.05, 0) is 55.0 Å². The maximum Gasteiger partial charge on any atom is 0.416 e. The van der Waals surface area contributed by atoms with E-state index in [1.54, 1.807) is 54.6 Å². The molecule has 1 amide bonds. The van der Waals surface area contributed by atoms with Crippen molar-refractivity contribution >= 4 is 34.1 Å². The molecule has 11 heteroatoms. The maximum atomic E-state index is 13.1. The monoisotopic (exact) mass is 503 g/mol. The van der Waals surface area contributed by atoms with Crippen molar-refractivity contribution in [1.82, 2.24) is 24.7 Å². The Bertz CT molecular complexity index is 1610. The summed E-state index contributed by atoms with van der Waals surface area (Å²) in [5.74, 6) is 0.284. The molecule has 3 heterocycles. The molecule has 0 radical (unpaired) electrons. The summed E-state index contributed by atoms with van der Waals surface area (Å²) in [4.78, 5) is 26.0. The van der Waals surface area contributed by atoms with Crippen molar-refractivity contribution < 1.29 is 18.0 Å². The minimum absolute atomic E-state index is 0.0982. The van der Waals surface area contributed by atoms with Crippen LogP contribution in [0.2, 0.25) is 0 Å². The second-order valence-electron chi connectivity index (χ2n) is 8.36. The molecule has 0 aliphatic carbocycles. The number of aryl methyl sites for hydroxylation is 2. The van der Waals surface area contributed by atoms with Gasteiger partial charge in [-0.3, -0.25) is 14.5 Å². The molecule has 0 aliphatic heterocycles. The molecular formula is C26H20F3N7O. The molecule has 0 unspecified atom stereocenters. The van der Waals surface area contributed by atoms with Gasteiger partial charge in [-0.25, -0.2) is 9.97 Å². The molecule has 2 aromatic carbocycles. The fraction of sp³-hybridized carbons (Fsp3) is 0.115. The van der Waals surface area contributed by atoms with Crippen LogP contribution in [0.25, 0.3) is 22.4 Å². The first-order chi connectivity index (χ1) is 17.7. The van der Waals surface area contributed by atoms with Crippen LogP contribution in [0.3, 0.4) is 0 Å². The van der Waals surface area contributed by atoms with E-state index in [1.807, 2.05) is 13.0 Å². The Kier molecular flexibility index (Phi) is 6.04. The van der Waals surface area contributed by atoms with Gasteiger partial charge in [0, 0.05) is 48.1 Å². The summed E-state index contributed by atoms with van der Waals surface area (Å²) in [5, 5.41) is 11.1. The predicted octanol–water partition coefficient (Wildman–Crippen LogP) is 5.75. The number of benzene rings is 2. The molecule has 0 saturated heterocycles. The Balaban J connectivity index is 1.46. The standard InChI is InChI=1S/C26H20F3N7O/c1-15-8-9-19(31-25(37)16-5-3-7-18(11-16)26(27,28)29)12-21(15)32-23-20-14-36(2)35-24(20)34-22(33-23)17-6-4-10-30-13-17/h3-14H,1-2H3,(H,31,37)(H,32,33,34,35). The summed E-state index contributed by atoms with van der Waals surface area (Å²) in [5.41, 5.74) is 2.12. The highest BCUT2D eigenvalue weighted by Gasteiger charge is 2.31. The molecule has 37 heavy (non-hydrogen) atoms. The highest BCUT2D eigenvalue weighted by Crippen LogP contribution is 2.31. The van der Waals surface area contributed by atoms with Crippen LogP contribution in [0.15, 0.2) is 73.2 Å². The first-order valence-electron chi connectivity index (χ1n) is 11.2. The highest BCUT2D eigenvalue weighted by atomic mass is 19.4. The van der Waals surface area contributed by atoms with E-state index < -0.39 is 17.6 Å². The average Bonchev–Trinajstić information content (AvgIpc) is 3.26. The van der Waals surface area contributed by atoms with Gasteiger partial charge in [0.05, 0.1) is 10.9 Å². The van der Waals surface area contributed by atoms with Crippen LogP contribution in [-0.4, -0.2) is 30.6 Å². The molecule has 186 valence electrons. The first-order valence-corrected chi connectivity index (χ1v) is 11.2. The molecule has 5 aromatic rings. The number of alkyl halides is 3. The lowest BCUT2D eigenvalue weighted by Crippen LogP contribution is -2.14. The average molecular weight is 503 g/mol. The van der Waals surface area contributed by atoms with Crippen LogP contribution >= 0.6 is 0 Å². The molecule has 0 spiro atoms. The van der Waals surface area contributed by atoms with Crippen molar-refractivity contribution in [1.29, 1.82) is 0 Å². The number of carbonyl (C=O) groups is 1. The maximum absolute atomic E-state index is 13.1. The number of anilines is 3. The van der Waals surface area contributed by atoms with Gasteiger partial charge in [0.1, 0.15) is 5.82 Å². The van der Waals surface area contributed by atoms with Gasteiger partial charge in [0.2, 0.25) is 0 Å². The zero-order valence-electron chi connectivity index (χ0n) is 19.7. The molecule has 5 rings (SSSR count). The number of rotatable bonds is 5. The zero-order chi connectivity index (χ0) is 26.2. The van der Waals surface area contributed by atoms with Gasteiger partial charge >= 0.3 is 6.18 Å². The van der Waals surface area contributed by atoms with Crippen molar-refractivity contribution in [2.24, 2.45) is 7.05 Å². The van der Waals surface area contributed by atoms with Crippen LogP contribution in [0.5, 0.6) is 0 Å². The Morgan fingerprint density at radius 2 is 1.86 bits per heavy atom. The number of fused-ring (bicyclic) bond motifs is 1. The number of nitrogens with one attached hydrogen (secondary N) is 2. The lowest BCUT2D eigenvalue weighted by Gasteiger charge is -2.14. The number of hydrogen-bond donors (Lipinski definition) is 2. The van der Waals surface area contributed by atoms with Crippen LogP contribution in [0.4, 0.5) is 30.4 Å². The smallest absolute Gasteiger partial charge is 0.339 e. The van der Waals surface area contributed by atoms with Crippen LogP contribution in [0, 0.1) is 6.92 Å². The van der Waals surface area contributed by atoms with Gasteiger partial charge in [-0.1, -0.05) is 12.1 Å². The molecule has 0 aliphatic rings. The van der Waals surface area contributed by atoms with Gasteiger partial charge < -0.3 is 10.6 Å². The molecule has 0 bridgehead atoms. The van der Waals surface area contributed by atoms with E-state index >= 15 is 0 Å². The van der Waals surface area contributed by atoms with Crippen molar-refractivity contribution in [2.75, 3.05) is 10.6 Å². The van der Waals surface area contributed by atoms with Gasteiger partial charge in [-0.15, -0.1) is 0 Å². The zero-order valence-corrected chi connectivity index (χ0v) is 19.7. The van der Waals surface area contributed by atoms with Crippen molar-refractivity contribution in [3.8, 4) is 11.4 Å². The number of nitrogens with zero attached hydrogens (tertiary/aromatic N) is 5. The lowest BCUT2D eigenvalue weighted by molar-refractivity contribution is -0.137. The molecule has 2 N–H and O–H groups in total. The quantitative estimate of drug-likeness (QED) is 0.317. The van der Waals surface area contributed by atoms with Crippen molar-refractivity contribution in [3.63, 3.8) is 0 Å². The summed E-state index contributed by atoms with van der Waals surface area (Å²) in [6, 6.07) is 13.1. The van der Waals surface area contributed by atoms with Gasteiger partial charge in [0.15, 0.2) is 11.5 Å². The molecular weight excluding hydrogens is 483 g/mol. The van der Waals surface area contributed by atoms with E-state index in [-0.39, 0.29) is 5.56 Å². The summed E-state index contributed by atoms with van der Waals surface area (Å²) in [6.07, 6.45) is 0.563. The summed E-state index contributed by atoms with van der Waals surface area (Å²) < 4.78 is 40.8. The van der Waals surface area contributed by atoms with E-state index in [9.17, 15) is 18.0 Å². The molecule has 0 atom stereocenters. The second-order valence-corrected chi connectivity index (χ2v) is 8.36. The Hall–Kier alpha value is -4.80. The second kappa shape index (κ2) is 9.34. The highest BCUT2D eigenvalue weighted by molar-refractivity contribution is 6.04. The van der Waals surface area contributed by atoms with Gasteiger partial charge in [0.25, 0.3) is 5.91 Å². The molecule has 8 nitrogen and oxygen atoms in total. The molecule has 0 saturated carbocycles. The number of pyridine rings is 1. The van der Waals surface area contributed by atoms with E-state index in [1.165, 1.54) is 12.1 Å². The Labute approximate surface area is 209 Å². The predicted molar refractivity (Wildman–Crippen MR) is 133 cm³/mol. The fourth-order valence-electron chi connectivity index (χ4n) is 3.74. The summed E-state index contributed by atoms with van der Waals surface area (Å²) >= 11 is 0. The van der Waals surface area contributed by atoms with Crippen molar-refractivity contribution in [3.05, 3.63) is 89.9 Å². The van der Waals surface area contributed by atoms with Gasteiger partial charge in [-0.2, -0.15) is 18.3 Å². The van der Waals surface area contributed by atoms with E-state index in [0.29, 0.717) is 34.1 Å². The van der Waals surface area contributed by atoms with Crippen molar-refractivity contribution in [2.45, 2.75) is 13.1 Å². The lowest BCUT2D eigenvalue weighted by atomic mass is 10.1. The fourth-order valence-corrected chi connectivity index (χ4v) is 3.74. The number of aromatic nitrogens is 5. The van der Waals surface area contributed by atoms with E-state index in [4.69, 9.17) is 0 Å². The summed E-state index contributed by atoms with van der Waals surface area (Å²) in [7, 11) is 1.78. The minimum atomic E-state index is -4.54. The number of amides is 1. The third-order valence-electron chi connectivity index (χ3n) is 5.61. The third-order valence-corrected chi connectivity index (χ3v) is 5.61. The molecule has 3 aromatic heterocycles. The van der Waals surface area contributed by atoms with Crippen LogP contribution in [0.1, 0.15) is 21.5 Å². The minimum Gasteiger partial charge on any atom is -0.339 e. The first kappa shape index (κ1) is 23.9. The van der Waals surface area contributed by atoms with Crippen LogP contribution < -0.4 is 10.6 Å². The Morgan fingerprint density at radius 1 is 1.03 bits per heavy atom. The number of hydrogen-bond acceptors (Lipinski definition) is 6. The number of halogens is 3. The topological polar surface area (TPSA) is 97.6 Å². The van der Waals surface area contributed by atoms with Crippen LogP contribution in [-0.2, 0) is 13.2 Å². The Morgan fingerprint density at radius 3 is 2.62 bits per heavy atom. The van der Waals surface area contributed by atoms with E-state index in [0.717, 1.165) is 23.3 Å². The SMILES string of the molecule is Cc1ccc(NC(=O)c2cccc(C(F)(F)F)c2)cc1Nc1nc(-c2cccnc2)nc2nn(C)cc12. The molecule has 0 fully saturated rings. The summed E-state index contributed by atoms with van der Waals surface area (Å²) in [6.45, 7) is 1.88. The number of carbonyl (C=O) groups excluding carboxylic acids is 1. The third kappa shape index (κ3) is 5.10. The van der Waals surface area contributed by atoms with E-state index in [2.05, 4.69) is 30.7 Å².